The van der Waals surface area contributed by atoms with E-state index in [1.807, 2.05) is 0 Å². The predicted molar refractivity (Wildman–Crippen MR) is 56.1 cm³/mol. The molecule has 0 aliphatic rings. The average Bonchev–Trinajstić information content (AvgIpc) is 2.48. The van der Waals surface area contributed by atoms with E-state index >= 15 is 0 Å². The minimum atomic E-state index is 0.568. The van der Waals surface area contributed by atoms with E-state index in [0.717, 1.165) is 11.0 Å². The number of nitrogens with zero attached hydrogens (tertiary/aromatic N) is 3. The van der Waals surface area contributed by atoms with E-state index < -0.39 is 0 Å². The Labute approximate surface area is 82.7 Å². The van der Waals surface area contributed by atoms with E-state index in [1.54, 1.807) is 4.80 Å². The summed E-state index contributed by atoms with van der Waals surface area (Å²) >= 11 is 0. The van der Waals surface area contributed by atoms with Crippen LogP contribution in [0.25, 0.3) is 11.0 Å². The fourth-order valence-corrected chi connectivity index (χ4v) is 1.43. The molecule has 0 radical (unpaired) electrons. The summed E-state index contributed by atoms with van der Waals surface area (Å²) in [5.41, 5.74) is 9.83. The maximum atomic E-state index is 5.44. The zero-order valence-corrected chi connectivity index (χ0v) is 8.49. The smallest absolute Gasteiger partial charge is 0.113 e. The van der Waals surface area contributed by atoms with Gasteiger partial charge >= 0.3 is 0 Å². The Morgan fingerprint density at radius 3 is 2.07 bits per heavy atom. The van der Waals surface area contributed by atoms with Crippen molar-refractivity contribution in [3.8, 4) is 0 Å². The van der Waals surface area contributed by atoms with Crippen molar-refractivity contribution in [2.24, 2.45) is 5.73 Å². The molecule has 0 aliphatic heterocycles. The molecule has 0 amide bonds. The van der Waals surface area contributed by atoms with Crippen molar-refractivity contribution in [2.45, 2.75) is 20.4 Å². The number of rotatable bonds is 2. The molecule has 0 atom stereocenters. The molecular weight excluding hydrogens is 176 g/mol. The molecule has 74 valence electrons. The Morgan fingerprint density at radius 1 is 1.14 bits per heavy atom. The molecule has 0 unspecified atom stereocenters. The van der Waals surface area contributed by atoms with Gasteiger partial charge in [0.05, 0.1) is 6.54 Å². The normalized spacial score (nSPS) is 11.1. The highest BCUT2D eigenvalue weighted by molar-refractivity contribution is 5.75. The first-order valence-corrected chi connectivity index (χ1v) is 4.73. The van der Waals surface area contributed by atoms with Gasteiger partial charge in [-0.3, -0.25) is 0 Å². The highest BCUT2D eigenvalue weighted by Crippen LogP contribution is 2.15. The van der Waals surface area contributed by atoms with Crippen LogP contribution >= 0.6 is 0 Å². The minimum absolute atomic E-state index is 0.568. The van der Waals surface area contributed by atoms with Gasteiger partial charge in [-0.25, -0.2) is 0 Å². The molecule has 0 saturated carbocycles. The van der Waals surface area contributed by atoms with Gasteiger partial charge in [-0.05, 0) is 37.1 Å². The fraction of sp³-hybridized carbons (Fsp3) is 0.400. The molecule has 2 N–H and O–H groups in total. The lowest BCUT2D eigenvalue weighted by molar-refractivity contribution is 0.553. The number of aromatic nitrogens is 3. The number of nitrogens with two attached hydrogens (primary N) is 1. The Balaban J connectivity index is 2.54. The zero-order valence-electron chi connectivity index (χ0n) is 8.49. The molecule has 4 nitrogen and oxygen atoms in total. The van der Waals surface area contributed by atoms with Crippen molar-refractivity contribution in [3.05, 3.63) is 23.3 Å². The van der Waals surface area contributed by atoms with Crippen LogP contribution in [0.15, 0.2) is 12.1 Å². The van der Waals surface area contributed by atoms with Crippen LogP contribution in [-0.2, 0) is 6.54 Å². The Hall–Kier alpha value is -1.42. The lowest BCUT2D eigenvalue weighted by Gasteiger charge is -1.95. The van der Waals surface area contributed by atoms with Crippen LogP contribution in [0.2, 0.25) is 0 Å². The molecule has 0 bridgehead atoms. The maximum Gasteiger partial charge on any atom is 0.113 e. The van der Waals surface area contributed by atoms with Gasteiger partial charge < -0.3 is 5.73 Å². The number of aryl methyl sites for hydroxylation is 2. The summed E-state index contributed by atoms with van der Waals surface area (Å²) in [5.74, 6) is 0. The Kier molecular flexibility index (Phi) is 2.21. The van der Waals surface area contributed by atoms with E-state index in [0.29, 0.717) is 13.1 Å². The van der Waals surface area contributed by atoms with Gasteiger partial charge in [-0.1, -0.05) is 0 Å². The summed E-state index contributed by atoms with van der Waals surface area (Å²) in [5, 5.41) is 8.66. The molecule has 0 aliphatic carbocycles. The summed E-state index contributed by atoms with van der Waals surface area (Å²) in [6, 6.07) is 4.12. The third-order valence-corrected chi connectivity index (χ3v) is 2.37. The standard InChI is InChI=1S/C10H14N4/c1-7-5-9-10(6-8(7)2)13-14(12-9)4-3-11/h5-6H,3-4,11H2,1-2H3. The second-order valence-corrected chi connectivity index (χ2v) is 3.51. The number of hydrogen-bond donors (Lipinski definition) is 1. The second-order valence-electron chi connectivity index (χ2n) is 3.51. The van der Waals surface area contributed by atoms with E-state index in [2.05, 4.69) is 36.2 Å². The van der Waals surface area contributed by atoms with E-state index in [4.69, 9.17) is 5.73 Å². The highest BCUT2D eigenvalue weighted by Gasteiger charge is 2.03. The van der Waals surface area contributed by atoms with Crippen LogP contribution in [0.4, 0.5) is 0 Å². The summed E-state index contributed by atoms with van der Waals surface area (Å²) in [7, 11) is 0. The van der Waals surface area contributed by atoms with Gasteiger partial charge in [0.25, 0.3) is 0 Å². The van der Waals surface area contributed by atoms with Gasteiger partial charge in [-0.15, -0.1) is 0 Å². The first kappa shape index (κ1) is 9.15. The van der Waals surface area contributed by atoms with Crippen molar-refractivity contribution in [1.29, 1.82) is 0 Å². The Bertz CT molecular complexity index is 419. The number of benzene rings is 1. The number of hydrogen-bond acceptors (Lipinski definition) is 3. The molecular formula is C10H14N4. The van der Waals surface area contributed by atoms with E-state index in [9.17, 15) is 0 Å². The molecule has 1 aromatic heterocycles. The summed E-state index contributed by atoms with van der Waals surface area (Å²) in [4.78, 5) is 1.66. The Morgan fingerprint density at radius 2 is 1.64 bits per heavy atom. The summed E-state index contributed by atoms with van der Waals surface area (Å²) < 4.78 is 0. The monoisotopic (exact) mass is 190 g/mol. The molecule has 1 heterocycles. The topological polar surface area (TPSA) is 56.7 Å². The highest BCUT2D eigenvalue weighted by atomic mass is 15.5. The summed E-state index contributed by atoms with van der Waals surface area (Å²) in [6.07, 6.45) is 0. The molecule has 0 saturated heterocycles. The molecule has 0 fully saturated rings. The van der Waals surface area contributed by atoms with E-state index in [1.165, 1.54) is 11.1 Å². The predicted octanol–water partition coefficient (Wildman–Crippen LogP) is 1.01. The van der Waals surface area contributed by atoms with Gasteiger partial charge in [0.1, 0.15) is 11.0 Å². The minimum Gasteiger partial charge on any atom is -0.329 e. The van der Waals surface area contributed by atoms with Crippen LogP contribution in [0.1, 0.15) is 11.1 Å². The number of fused-ring (bicyclic) bond motifs is 1. The summed E-state index contributed by atoms with van der Waals surface area (Å²) in [6.45, 7) is 5.40. The fourth-order valence-electron chi connectivity index (χ4n) is 1.43. The molecule has 2 aromatic rings. The van der Waals surface area contributed by atoms with Crippen LogP contribution < -0.4 is 5.73 Å². The second kappa shape index (κ2) is 3.38. The lowest BCUT2D eigenvalue weighted by Crippen LogP contribution is -2.12. The van der Waals surface area contributed by atoms with Gasteiger partial charge in [-0.2, -0.15) is 15.0 Å². The van der Waals surface area contributed by atoms with Crippen LogP contribution in [0, 0.1) is 13.8 Å². The zero-order chi connectivity index (χ0) is 10.1. The molecule has 4 heteroatoms. The first-order valence-electron chi connectivity index (χ1n) is 4.73. The van der Waals surface area contributed by atoms with Crippen molar-refractivity contribution >= 4 is 11.0 Å². The molecule has 0 spiro atoms. The quantitative estimate of drug-likeness (QED) is 0.768. The van der Waals surface area contributed by atoms with Crippen molar-refractivity contribution < 1.29 is 0 Å². The molecule has 1 aromatic carbocycles. The largest absolute Gasteiger partial charge is 0.329 e. The van der Waals surface area contributed by atoms with Crippen LogP contribution in [0.3, 0.4) is 0 Å². The third-order valence-electron chi connectivity index (χ3n) is 2.37. The third kappa shape index (κ3) is 1.48. The van der Waals surface area contributed by atoms with Gasteiger partial charge in [0.15, 0.2) is 0 Å². The van der Waals surface area contributed by atoms with Crippen molar-refractivity contribution in [3.63, 3.8) is 0 Å². The van der Waals surface area contributed by atoms with Crippen molar-refractivity contribution in [2.75, 3.05) is 6.54 Å². The van der Waals surface area contributed by atoms with Crippen molar-refractivity contribution in [1.82, 2.24) is 15.0 Å². The van der Waals surface area contributed by atoms with E-state index in [-0.39, 0.29) is 0 Å². The first-order chi connectivity index (χ1) is 6.70. The molecule has 2 rings (SSSR count). The van der Waals surface area contributed by atoms with Crippen LogP contribution in [-0.4, -0.2) is 21.5 Å². The SMILES string of the molecule is Cc1cc2nn(CCN)nc2cc1C. The lowest BCUT2D eigenvalue weighted by atomic mass is 10.1. The van der Waals surface area contributed by atoms with Crippen LogP contribution in [0.5, 0.6) is 0 Å². The maximum absolute atomic E-state index is 5.44. The van der Waals surface area contributed by atoms with Gasteiger partial charge in [0, 0.05) is 6.54 Å². The molecule has 14 heavy (non-hydrogen) atoms. The average molecular weight is 190 g/mol. The van der Waals surface area contributed by atoms with Gasteiger partial charge in [0.2, 0.25) is 0 Å².